The van der Waals surface area contributed by atoms with Gasteiger partial charge < -0.3 is 10.6 Å². The van der Waals surface area contributed by atoms with Gasteiger partial charge in [-0.3, -0.25) is 0 Å². The minimum atomic E-state index is 0.640. The van der Waals surface area contributed by atoms with Gasteiger partial charge in [-0.05, 0) is 36.3 Å². The fourth-order valence-corrected chi connectivity index (χ4v) is 4.66. The standard InChI is InChI=1S/C14H17N3S2/c15-7-12-13(9-1-2-9)16-14(19-12)17-5-3-11-10(8-17)4-6-18-11/h4,6,9H,1-3,5,7-8,15H2. The van der Waals surface area contributed by atoms with Gasteiger partial charge >= 0.3 is 0 Å². The van der Waals surface area contributed by atoms with Crippen LogP contribution in [0.2, 0.25) is 0 Å². The maximum atomic E-state index is 5.87. The zero-order valence-electron chi connectivity index (χ0n) is 10.8. The lowest BCUT2D eigenvalue weighted by Crippen LogP contribution is -2.29. The van der Waals surface area contributed by atoms with Crippen LogP contribution < -0.4 is 10.6 Å². The molecule has 3 heterocycles. The van der Waals surface area contributed by atoms with Gasteiger partial charge in [0, 0.05) is 35.3 Å². The maximum absolute atomic E-state index is 5.87. The minimum absolute atomic E-state index is 0.640. The van der Waals surface area contributed by atoms with Crippen LogP contribution in [0.15, 0.2) is 11.4 Å². The zero-order chi connectivity index (χ0) is 12.8. The van der Waals surface area contributed by atoms with Crippen LogP contribution in [0.3, 0.4) is 0 Å². The van der Waals surface area contributed by atoms with E-state index in [0.29, 0.717) is 12.5 Å². The fraction of sp³-hybridized carbons (Fsp3) is 0.500. The maximum Gasteiger partial charge on any atom is 0.186 e. The molecular weight excluding hydrogens is 274 g/mol. The molecule has 1 aliphatic heterocycles. The van der Waals surface area contributed by atoms with E-state index in [-0.39, 0.29) is 0 Å². The van der Waals surface area contributed by atoms with Gasteiger partial charge in [0.25, 0.3) is 0 Å². The SMILES string of the molecule is NCc1sc(N2CCc3sccc3C2)nc1C1CC1. The Morgan fingerprint density at radius 2 is 2.32 bits per heavy atom. The Hall–Kier alpha value is -0.910. The number of hydrogen-bond donors (Lipinski definition) is 1. The van der Waals surface area contributed by atoms with E-state index in [2.05, 4.69) is 16.3 Å². The van der Waals surface area contributed by atoms with Gasteiger partial charge in [0.2, 0.25) is 0 Å². The Morgan fingerprint density at radius 3 is 3.11 bits per heavy atom. The lowest BCUT2D eigenvalue weighted by atomic mass is 10.1. The smallest absolute Gasteiger partial charge is 0.186 e. The zero-order valence-corrected chi connectivity index (χ0v) is 12.4. The average Bonchev–Trinajstić information content (AvgIpc) is 3.03. The highest BCUT2D eigenvalue weighted by atomic mass is 32.1. The van der Waals surface area contributed by atoms with E-state index in [1.165, 1.54) is 34.1 Å². The number of anilines is 1. The first kappa shape index (κ1) is 11.9. The second-order valence-electron chi connectivity index (χ2n) is 5.32. The normalized spacial score (nSPS) is 18.7. The summed E-state index contributed by atoms with van der Waals surface area (Å²) in [5, 5.41) is 3.39. The summed E-state index contributed by atoms with van der Waals surface area (Å²) >= 11 is 3.69. The molecule has 1 aliphatic carbocycles. The molecule has 3 nitrogen and oxygen atoms in total. The minimum Gasteiger partial charge on any atom is -0.343 e. The van der Waals surface area contributed by atoms with Crippen LogP contribution in [0.4, 0.5) is 5.13 Å². The van der Waals surface area contributed by atoms with Crippen LogP contribution in [-0.2, 0) is 19.5 Å². The van der Waals surface area contributed by atoms with Crippen molar-refractivity contribution in [3.8, 4) is 0 Å². The summed E-state index contributed by atoms with van der Waals surface area (Å²) in [6.45, 7) is 2.75. The van der Waals surface area contributed by atoms with Crippen molar-refractivity contribution in [2.75, 3.05) is 11.4 Å². The molecule has 2 aromatic heterocycles. The van der Waals surface area contributed by atoms with Crippen LogP contribution in [0.1, 0.15) is 39.8 Å². The molecule has 1 saturated carbocycles. The van der Waals surface area contributed by atoms with Crippen molar-refractivity contribution in [2.45, 2.75) is 38.3 Å². The molecule has 2 aliphatic rings. The van der Waals surface area contributed by atoms with Crippen LogP contribution >= 0.6 is 22.7 Å². The molecule has 0 atom stereocenters. The van der Waals surface area contributed by atoms with E-state index in [0.717, 1.165) is 19.5 Å². The Bertz CT molecular complexity index is 598. The summed E-state index contributed by atoms with van der Waals surface area (Å²) in [4.78, 5) is 10.2. The number of aromatic nitrogens is 1. The molecule has 2 N–H and O–H groups in total. The average molecular weight is 291 g/mol. The molecule has 0 spiro atoms. The van der Waals surface area contributed by atoms with Gasteiger partial charge in [-0.1, -0.05) is 0 Å². The van der Waals surface area contributed by atoms with Gasteiger partial charge in [-0.2, -0.15) is 0 Å². The van der Waals surface area contributed by atoms with E-state index >= 15 is 0 Å². The van der Waals surface area contributed by atoms with Crippen LogP contribution in [0, 0.1) is 0 Å². The predicted molar refractivity (Wildman–Crippen MR) is 81.1 cm³/mol. The van der Waals surface area contributed by atoms with Crippen LogP contribution in [0.5, 0.6) is 0 Å². The number of nitrogens with zero attached hydrogens (tertiary/aromatic N) is 2. The highest BCUT2D eigenvalue weighted by molar-refractivity contribution is 7.15. The molecule has 4 rings (SSSR count). The number of nitrogens with two attached hydrogens (primary N) is 1. The number of fused-ring (bicyclic) bond motifs is 1. The molecule has 0 bridgehead atoms. The van der Waals surface area contributed by atoms with Crippen molar-refractivity contribution in [1.29, 1.82) is 0 Å². The van der Waals surface area contributed by atoms with Crippen molar-refractivity contribution in [2.24, 2.45) is 5.73 Å². The first-order valence-electron chi connectivity index (χ1n) is 6.85. The van der Waals surface area contributed by atoms with Crippen molar-refractivity contribution < 1.29 is 0 Å². The molecule has 0 aromatic carbocycles. The second kappa shape index (κ2) is 4.58. The van der Waals surface area contributed by atoms with E-state index in [1.807, 2.05) is 11.3 Å². The van der Waals surface area contributed by atoms with Crippen molar-refractivity contribution in [1.82, 2.24) is 4.98 Å². The summed E-state index contributed by atoms with van der Waals surface area (Å²) in [5.74, 6) is 0.699. The third-order valence-electron chi connectivity index (χ3n) is 3.94. The molecule has 0 radical (unpaired) electrons. The Labute approximate surface area is 121 Å². The van der Waals surface area contributed by atoms with Gasteiger partial charge in [0.1, 0.15) is 0 Å². The molecule has 0 saturated heterocycles. The molecule has 5 heteroatoms. The highest BCUT2D eigenvalue weighted by Crippen LogP contribution is 2.44. The Kier molecular flexibility index (Phi) is 2.86. The van der Waals surface area contributed by atoms with Gasteiger partial charge in [0.15, 0.2) is 5.13 Å². The van der Waals surface area contributed by atoms with Gasteiger partial charge in [-0.15, -0.1) is 22.7 Å². The van der Waals surface area contributed by atoms with Crippen molar-refractivity contribution in [3.05, 3.63) is 32.5 Å². The third kappa shape index (κ3) is 2.10. The molecule has 2 aromatic rings. The monoisotopic (exact) mass is 291 g/mol. The van der Waals surface area contributed by atoms with E-state index in [1.54, 1.807) is 16.2 Å². The fourth-order valence-electron chi connectivity index (χ4n) is 2.72. The second-order valence-corrected chi connectivity index (χ2v) is 7.39. The number of thiophene rings is 1. The Morgan fingerprint density at radius 1 is 1.42 bits per heavy atom. The lowest BCUT2D eigenvalue weighted by molar-refractivity contribution is 0.738. The Balaban J connectivity index is 1.63. The largest absolute Gasteiger partial charge is 0.343 e. The number of rotatable bonds is 3. The van der Waals surface area contributed by atoms with Crippen LogP contribution in [0.25, 0.3) is 0 Å². The molecule has 0 amide bonds. The quantitative estimate of drug-likeness (QED) is 0.945. The lowest BCUT2D eigenvalue weighted by Gasteiger charge is -2.26. The summed E-state index contributed by atoms with van der Waals surface area (Å²) in [7, 11) is 0. The van der Waals surface area contributed by atoms with Crippen molar-refractivity contribution in [3.63, 3.8) is 0 Å². The number of hydrogen-bond acceptors (Lipinski definition) is 5. The van der Waals surface area contributed by atoms with E-state index in [9.17, 15) is 0 Å². The van der Waals surface area contributed by atoms with Crippen molar-refractivity contribution >= 4 is 27.8 Å². The van der Waals surface area contributed by atoms with E-state index < -0.39 is 0 Å². The third-order valence-corrected chi connectivity index (χ3v) is 6.12. The highest BCUT2D eigenvalue weighted by Gasteiger charge is 2.30. The number of thiazole rings is 1. The van der Waals surface area contributed by atoms with Crippen LogP contribution in [-0.4, -0.2) is 11.5 Å². The predicted octanol–water partition coefficient (Wildman–Crippen LogP) is 3.10. The molecular formula is C14H17N3S2. The summed E-state index contributed by atoms with van der Waals surface area (Å²) < 4.78 is 0. The first-order chi connectivity index (χ1) is 9.35. The van der Waals surface area contributed by atoms with Gasteiger partial charge in [0.05, 0.1) is 5.69 Å². The molecule has 100 valence electrons. The summed E-state index contributed by atoms with van der Waals surface area (Å²) in [6.07, 6.45) is 3.75. The van der Waals surface area contributed by atoms with Gasteiger partial charge in [-0.25, -0.2) is 4.98 Å². The summed E-state index contributed by atoms with van der Waals surface area (Å²) in [6, 6.07) is 2.26. The van der Waals surface area contributed by atoms with E-state index in [4.69, 9.17) is 10.7 Å². The topological polar surface area (TPSA) is 42.1 Å². The molecule has 1 fully saturated rings. The molecule has 0 unspecified atom stereocenters. The summed E-state index contributed by atoms with van der Waals surface area (Å²) in [5.41, 5.74) is 8.64. The molecule has 19 heavy (non-hydrogen) atoms. The first-order valence-corrected chi connectivity index (χ1v) is 8.54.